The van der Waals surface area contributed by atoms with E-state index >= 15 is 0 Å². The fraction of sp³-hybridized carbons (Fsp3) is 0.857. The Morgan fingerprint density at radius 1 is 1.47 bits per heavy atom. The Balaban J connectivity index is 2.97. The van der Waals surface area contributed by atoms with E-state index in [1.54, 1.807) is 6.08 Å². The van der Waals surface area contributed by atoms with E-state index in [4.69, 9.17) is 4.74 Å². The van der Waals surface area contributed by atoms with Gasteiger partial charge in [-0.1, -0.05) is 20.8 Å². The molecule has 1 fully saturated rings. The molecule has 1 amide bonds. The monoisotopic (exact) mass is 268 g/mol. The zero-order valence-electron chi connectivity index (χ0n) is 12.2. The fourth-order valence-corrected chi connectivity index (χ4v) is 3.53. The second-order valence-corrected chi connectivity index (χ2v) is 6.40. The molecule has 0 aromatic heterocycles. The number of ether oxygens (including phenoxy) is 1. The van der Waals surface area contributed by atoms with E-state index in [1.165, 1.54) is 0 Å². The number of hydrogen-bond donors (Lipinski definition) is 1. The van der Waals surface area contributed by atoms with Crippen molar-refractivity contribution in [1.82, 2.24) is 5.32 Å². The number of rotatable bonds is 6. The van der Waals surface area contributed by atoms with Gasteiger partial charge in [0.1, 0.15) is 6.23 Å². The molecule has 0 bridgehead atoms. The average Bonchev–Trinajstić information content (AvgIpc) is 2.26. The van der Waals surface area contributed by atoms with E-state index in [1.807, 2.05) is 6.92 Å². The molecule has 0 aromatic rings. The van der Waals surface area contributed by atoms with Crippen LogP contribution in [0.1, 0.15) is 47.0 Å². The van der Waals surface area contributed by atoms with Gasteiger partial charge < -0.3 is 10.1 Å². The standard InChI is InChI=1S/C14H24N2O3/c1-5-19-12(16-10-18)14(4)7-11(15-9-17)6-13(2,3)8-14/h10-12H,5-8H2,1-4H3,(H,16,18). The van der Waals surface area contributed by atoms with Gasteiger partial charge in [-0.05, 0) is 31.6 Å². The third-order valence-corrected chi connectivity index (χ3v) is 3.79. The summed E-state index contributed by atoms with van der Waals surface area (Å²) < 4.78 is 5.66. The quantitative estimate of drug-likeness (QED) is 0.347. The Labute approximate surface area is 114 Å². The third kappa shape index (κ3) is 4.15. The highest BCUT2D eigenvalue weighted by molar-refractivity contribution is 5.46. The predicted molar refractivity (Wildman–Crippen MR) is 72.3 cm³/mol. The maximum Gasteiger partial charge on any atom is 0.235 e. The molecule has 0 heterocycles. The molecule has 108 valence electrons. The van der Waals surface area contributed by atoms with Crippen molar-refractivity contribution < 1.29 is 14.3 Å². The molecule has 1 rings (SSSR count). The van der Waals surface area contributed by atoms with Crippen molar-refractivity contribution in [3.8, 4) is 0 Å². The summed E-state index contributed by atoms with van der Waals surface area (Å²) in [5, 5.41) is 2.75. The lowest BCUT2D eigenvalue weighted by atomic mass is 9.62. The van der Waals surface area contributed by atoms with E-state index in [2.05, 4.69) is 31.1 Å². The van der Waals surface area contributed by atoms with Gasteiger partial charge in [0.2, 0.25) is 12.5 Å². The minimum Gasteiger partial charge on any atom is -0.358 e. The normalized spacial score (nSPS) is 31.1. The highest BCUT2D eigenvalue weighted by atomic mass is 16.5. The SMILES string of the molecule is CCOC(NC=O)C1(C)CC(N=C=O)CC(C)(C)C1. The molecule has 3 atom stereocenters. The van der Waals surface area contributed by atoms with Gasteiger partial charge in [0.05, 0.1) is 6.04 Å². The van der Waals surface area contributed by atoms with E-state index in [9.17, 15) is 9.59 Å². The second kappa shape index (κ2) is 6.31. The Morgan fingerprint density at radius 3 is 2.68 bits per heavy atom. The molecule has 0 aromatic carbocycles. The Morgan fingerprint density at radius 2 is 2.16 bits per heavy atom. The van der Waals surface area contributed by atoms with Crippen LogP contribution in [0, 0.1) is 10.8 Å². The van der Waals surface area contributed by atoms with Crippen LogP contribution in [0.2, 0.25) is 0 Å². The number of amides is 1. The molecule has 0 aliphatic heterocycles. The lowest BCUT2D eigenvalue weighted by molar-refractivity contribution is -0.124. The average molecular weight is 268 g/mol. The van der Waals surface area contributed by atoms with Crippen molar-refractivity contribution in [3.05, 3.63) is 0 Å². The van der Waals surface area contributed by atoms with E-state index in [0.717, 1.165) is 19.3 Å². The molecule has 5 nitrogen and oxygen atoms in total. The zero-order valence-corrected chi connectivity index (χ0v) is 12.2. The van der Waals surface area contributed by atoms with Crippen LogP contribution < -0.4 is 5.32 Å². The van der Waals surface area contributed by atoms with E-state index < -0.39 is 0 Å². The maximum absolute atomic E-state index is 10.8. The summed E-state index contributed by atoms with van der Waals surface area (Å²) in [5.74, 6) is 0. The minimum atomic E-state index is -0.348. The summed E-state index contributed by atoms with van der Waals surface area (Å²) in [4.78, 5) is 25.2. The molecule has 3 unspecified atom stereocenters. The zero-order chi connectivity index (χ0) is 14.5. The molecule has 0 spiro atoms. The van der Waals surface area contributed by atoms with Crippen LogP contribution in [0.25, 0.3) is 0 Å². The Kier molecular flexibility index (Phi) is 5.27. The topological polar surface area (TPSA) is 67.8 Å². The lowest BCUT2D eigenvalue weighted by Crippen LogP contribution is -2.51. The first kappa shape index (κ1) is 15.9. The molecular weight excluding hydrogens is 244 g/mol. The molecule has 1 aliphatic rings. The van der Waals surface area contributed by atoms with E-state index in [0.29, 0.717) is 13.0 Å². The van der Waals surface area contributed by atoms with Crippen LogP contribution in [-0.4, -0.2) is 31.4 Å². The highest BCUT2D eigenvalue weighted by Crippen LogP contribution is 2.48. The first-order chi connectivity index (χ1) is 8.87. The number of hydrogen-bond acceptors (Lipinski definition) is 4. The van der Waals surface area contributed by atoms with Gasteiger partial charge in [0.15, 0.2) is 0 Å². The first-order valence-corrected chi connectivity index (χ1v) is 6.75. The molecule has 1 saturated carbocycles. The van der Waals surface area contributed by atoms with Crippen molar-refractivity contribution in [2.45, 2.75) is 59.2 Å². The summed E-state index contributed by atoms with van der Waals surface area (Å²) in [6.45, 7) is 8.82. The fourth-order valence-electron chi connectivity index (χ4n) is 3.53. The van der Waals surface area contributed by atoms with Crippen molar-refractivity contribution in [1.29, 1.82) is 0 Å². The molecule has 5 heteroatoms. The van der Waals surface area contributed by atoms with Crippen LogP contribution in [0.4, 0.5) is 0 Å². The number of nitrogens with one attached hydrogen (secondary N) is 1. The Bertz CT molecular complexity index is 364. The number of nitrogens with zero attached hydrogens (tertiary/aromatic N) is 1. The number of carbonyl (C=O) groups excluding carboxylic acids is 2. The number of isocyanates is 1. The summed E-state index contributed by atoms with van der Waals surface area (Å²) in [7, 11) is 0. The largest absolute Gasteiger partial charge is 0.358 e. The summed E-state index contributed by atoms with van der Waals surface area (Å²) in [6, 6.07) is -0.0531. The van der Waals surface area contributed by atoms with Crippen molar-refractivity contribution >= 4 is 12.5 Å². The van der Waals surface area contributed by atoms with Gasteiger partial charge in [0.25, 0.3) is 0 Å². The molecule has 0 saturated heterocycles. The molecule has 1 aliphatic carbocycles. The summed E-state index contributed by atoms with van der Waals surface area (Å²) in [6.07, 6.45) is 4.48. The smallest absolute Gasteiger partial charge is 0.235 e. The molecule has 1 N–H and O–H groups in total. The summed E-state index contributed by atoms with van der Waals surface area (Å²) >= 11 is 0. The van der Waals surface area contributed by atoms with Crippen LogP contribution in [0.5, 0.6) is 0 Å². The van der Waals surface area contributed by atoms with Crippen LogP contribution in [0.15, 0.2) is 4.99 Å². The minimum absolute atomic E-state index is 0.0531. The Hall–Kier alpha value is -1.19. The summed E-state index contributed by atoms with van der Waals surface area (Å²) in [5.41, 5.74) is -0.179. The maximum atomic E-state index is 10.8. The van der Waals surface area contributed by atoms with Gasteiger partial charge in [-0.25, -0.2) is 9.79 Å². The predicted octanol–water partition coefficient (Wildman–Crippen LogP) is 2.02. The molecule has 19 heavy (non-hydrogen) atoms. The van der Waals surface area contributed by atoms with Gasteiger partial charge >= 0.3 is 0 Å². The van der Waals surface area contributed by atoms with Crippen molar-refractivity contribution in [3.63, 3.8) is 0 Å². The molecular formula is C14H24N2O3. The van der Waals surface area contributed by atoms with Gasteiger partial charge in [-0.2, -0.15) is 0 Å². The van der Waals surface area contributed by atoms with E-state index in [-0.39, 0.29) is 23.1 Å². The van der Waals surface area contributed by atoms with Crippen LogP contribution in [0.3, 0.4) is 0 Å². The molecule has 0 radical (unpaired) electrons. The first-order valence-electron chi connectivity index (χ1n) is 6.75. The highest BCUT2D eigenvalue weighted by Gasteiger charge is 2.46. The van der Waals surface area contributed by atoms with Crippen LogP contribution in [-0.2, 0) is 14.3 Å². The third-order valence-electron chi connectivity index (χ3n) is 3.79. The number of carbonyl (C=O) groups is 1. The van der Waals surface area contributed by atoms with Crippen molar-refractivity contribution in [2.24, 2.45) is 15.8 Å². The van der Waals surface area contributed by atoms with Crippen molar-refractivity contribution in [2.75, 3.05) is 6.61 Å². The van der Waals surface area contributed by atoms with Gasteiger partial charge in [-0.15, -0.1) is 0 Å². The number of aliphatic imine (C=N–C) groups is 1. The van der Waals surface area contributed by atoms with Crippen LogP contribution >= 0.6 is 0 Å². The van der Waals surface area contributed by atoms with Gasteiger partial charge in [0, 0.05) is 12.0 Å². The second-order valence-electron chi connectivity index (χ2n) is 6.40. The van der Waals surface area contributed by atoms with Gasteiger partial charge in [-0.3, -0.25) is 4.79 Å². The lowest BCUT2D eigenvalue weighted by Gasteiger charge is -2.48.